The first-order valence-corrected chi connectivity index (χ1v) is 7.74. The van der Waals surface area contributed by atoms with Gasteiger partial charge in [0.1, 0.15) is 5.82 Å². The lowest BCUT2D eigenvalue weighted by atomic mass is 9.88. The summed E-state index contributed by atoms with van der Waals surface area (Å²) >= 11 is 0. The largest absolute Gasteiger partial charge is 0.329 e. The second-order valence-electron chi connectivity index (χ2n) is 5.66. The minimum absolute atomic E-state index is 0.181. The van der Waals surface area contributed by atoms with E-state index < -0.39 is 10.0 Å². The van der Waals surface area contributed by atoms with Crippen LogP contribution in [0.1, 0.15) is 26.3 Å². The fourth-order valence-electron chi connectivity index (χ4n) is 1.64. The second kappa shape index (κ2) is 5.98. The zero-order valence-electron chi connectivity index (χ0n) is 11.5. The van der Waals surface area contributed by atoms with Crippen LogP contribution >= 0.6 is 0 Å². The standard InChI is InChI=1S/C13H21FN2O2S/c1-13(2,3)12(8-15)16-19(17,18)9-10-4-6-11(14)7-5-10/h4-7,12,16H,8-9,15H2,1-3H3. The lowest BCUT2D eigenvalue weighted by Crippen LogP contribution is -2.48. The highest BCUT2D eigenvalue weighted by atomic mass is 32.2. The molecule has 1 atom stereocenters. The van der Waals surface area contributed by atoms with Gasteiger partial charge in [0, 0.05) is 12.6 Å². The summed E-state index contributed by atoms with van der Waals surface area (Å²) in [5.41, 5.74) is 5.88. The van der Waals surface area contributed by atoms with Crippen molar-refractivity contribution in [3.8, 4) is 0 Å². The highest BCUT2D eigenvalue weighted by Gasteiger charge is 2.27. The molecule has 1 aromatic rings. The molecule has 3 N–H and O–H groups in total. The minimum atomic E-state index is -3.49. The van der Waals surface area contributed by atoms with E-state index in [0.29, 0.717) is 5.56 Å². The molecule has 0 amide bonds. The zero-order chi connectivity index (χ0) is 14.7. The van der Waals surface area contributed by atoms with Crippen molar-refractivity contribution >= 4 is 10.0 Å². The Balaban J connectivity index is 2.79. The Bertz CT molecular complexity index is 506. The summed E-state index contributed by atoms with van der Waals surface area (Å²) in [6, 6.07) is 5.08. The Kier molecular flexibility index (Phi) is 5.06. The molecule has 1 unspecified atom stereocenters. The van der Waals surface area contributed by atoms with E-state index in [4.69, 9.17) is 5.73 Å². The molecule has 6 heteroatoms. The quantitative estimate of drug-likeness (QED) is 0.865. The number of nitrogens with one attached hydrogen (secondary N) is 1. The SMILES string of the molecule is CC(C)(C)C(CN)NS(=O)(=O)Cc1ccc(F)cc1. The van der Waals surface area contributed by atoms with E-state index in [1.807, 2.05) is 20.8 Å². The summed E-state index contributed by atoms with van der Waals surface area (Å²) in [6.07, 6.45) is 0. The highest BCUT2D eigenvalue weighted by Crippen LogP contribution is 2.19. The second-order valence-corrected chi connectivity index (χ2v) is 7.41. The van der Waals surface area contributed by atoms with Crippen LogP contribution in [0.25, 0.3) is 0 Å². The van der Waals surface area contributed by atoms with E-state index in [9.17, 15) is 12.8 Å². The van der Waals surface area contributed by atoms with E-state index in [1.165, 1.54) is 24.3 Å². The smallest absolute Gasteiger partial charge is 0.216 e. The fourth-order valence-corrected chi connectivity index (χ4v) is 3.23. The Morgan fingerprint density at radius 1 is 1.26 bits per heavy atom. The van der Waals surface area contributed by atoms with E-state index in [1.54, 1.807) is 0 Å². The number of benzene rings is 1. The van der Waals surface area contributed by atoms with Crippen molar-refractivity contribution in [2.24, 2.45) is 11.1 Å². The molecule has 0 heterocycles. The van der Waals surface area contributed by atoms with E-state index in [-0.39, 0.29) is 29.6 Å². The van der Waals surface area contributed by atoms with E-state index in [0.717, 1.165) is 0 Å². The Morgan fingerprint density at radius 2 is 1.79 bits per heavy atom. The summed E-state index contributed by atoms with van der Waals surface area (Å²) in [7, 11) is -3.49. The molecule has 0 aliphatic carbocycles. The predicted molar refractivity (Wildman–Crippen MR) is 74.5 cm³/mol. The molecular weight excluding hydrogens is 267 g/mol. The topological polar surface area (TPSA) is 72.2 Å². The third kappa shape index (κ3) is 5.26. The summed E-state index contributed by atoms with van der Waals surface area (Å²) < 4.78 is 39.4. The molecule has 0 bridgehead atoms. The fraction of sp³-hybridized carbons (Fsp3) is 0.538. The maximum atomic E-state index is 12.8. The van der Waals surface area contributed by atoms with E-state index in [2.05, 4.69) is 4.72 Å². The molecule has 0 radical (unpaired) electrons. The number of hydrogen-bond donors (Lipinski definition) is 2. The van der Waals surface area contributed by atoms with Crippen molar-refractivity contribution < 1.29 is 12.8 Å². The maximum absolute atomic E-state index is 12.8. The van der Waals surface area contributed by atoms with Gasteiger partial charge in [-0.2, -0.15) is 0 Å². The normalized spacial score (nSPS) is 14.4. The summed E-state index contributed by atoms with van der Waals surface area (Å²) in [5, 5.41) is 0. The first-order chi connectivity index (χ1) is 8.64. The highest BCUT2D eigenvalue weighted by molar-refractivity contribution is 7.88. The predicted octanol–water partition coefficient (Wildman–Crippen LogP) is 1.62. The van der Waals surface area contributed by atoms with Crippen LogP contribution in [0.3, 0.4) is 0 Å². The van der Waals surface area contributed by atoms with Crippen LogP contribution in [0.2, 0.25) is 0 Å². The lowest BCUT2D eigenvalue weighted by molar-refractivity contribution is 0.304. The van der Waals surface area contributed by atoms with Crippen LogP contribution in [0, 0.1) is 11.2 Å². The molecule has 1 rings (SSSR count). The summed E-state index contributed by atoms with van der Waals surface area (Å²) in [4.78, 5) is 0. The van der Waals surface area contributed by atoms with Gasteiger partial charge in [0.05, 0.1) is 5.75 Å². The van der Waals surface area contributed by atoms with Gasteiger partial charge in [-0.3, -0.25) is 0 Å². The molecule has 0 aliphatic rings. The molecule has 4 nitrogen and oxygen atoms in total. The van der Waals surface area contributed by atoms with Crippen molar-refractivity contribution in [2.45, 2.75) is 32.6 Å². The zero-order valence-corrected chi connectivity index (χ0v) is 12.3. The van der Waals surface area contributed by atoms with Gasteiger partial charge >= 0.3 is 0 Å². The Hall–Kier alpha value is -0.980. The van der Waals surface area contributed by atoms with Crippen LogP contribution in [-0.4, -0.2) is 21.0 Å². The van der Waals surface area contributed by atoms with Gasteiger partial charge in [-0.05, 0) is 23.1 Å². The van der Waals surface area contributed by atoms with E-state index >= 15 is 0 Å². The maximum Gasteiger partial charge on any atom is 0.216 e. The van der Waals surface area contributed by atoms with Gasteiger partial charge in [-0.15, -0.1) is 0 Å². The molecule has 108 valence electrons. The minimum Gasteiger partial charge on any atom is -0.329 e. The van der Waals surface area contributed by atoms with Crippen molar-refractivity contribution in [3.63, 3.8) is 0 Å². The average Bonchev–Trinajstić information content (AvgIpc) is 2.27. The van der Waals surface area contributed by atoms with Gasteiger partial charge < -0.3 is 5.73 Å². The van der Waals surface area contributed by atoms with Crippen molar-refractivity contribution in [1.82, 2.24) is 4.72 Å². The van der Waals surface area contributed by atoms with Crippen LogP contribution in [0.15, 0.2) is 24.3 Å². The molecular formula is C13H21FN2O2S. The van der Waals surface area contributed by atoms with Crippen molar-refractivity contribution in [2.75, 3.05) is 6.54 Å². The number of sulfonamides is 1. The van der Waals surface area contributed by atoms with Crippen molar-refractivity contribution in [1.29, 1.82) is 0 Å². The summed E-state index contributed by atoms with van der Waals surface area (Å²) in [6.45, 7) is 5.99. The van der Waals surface area contributed by atoms with Gasteiger partial charge in [0.15, 0.2) is 0 Å². The molecule has 19 heavy (non-hydrogen) atoms. The molecule has 0 aromatic heterocycles. The van der Waals surface area contributed by atoms with Crippen LogP contribution in [0.5, 0.6) is 0 Å². The van der Waals surface area contributed by atoms with Gasteiger partial charge in [0.2, 0.25) is 10.0 Å². The van der Waals surface area contributed by atoms with Gasteiger partial charge in [-0.1, -0.05) is 32.9 Å². The van der Waals surface area contributed by atoms with Crippen LogP contribution in [-0.2, 0) is 15.8 Å². The number of halogens is 1. The van der Waals surface area contributed by atoms with Crippen molar-refractivity contribution in [3.05, 3.63) is 35.6 Å². The molecule has 1 aromatic carbocycles. The van der Waals surface area contributed by atoms with Gasteiger partial charge in [0.25, 0.3) is 0 Å². The number of hydrogen-bond acceptors (Lipinski definition) is 3. The number of nitrogens with two attached hydrogens (primary N) is 1. The third-order valence-corrected chi connectivity index (χ3v) is 4.23. The first-order valence-electron chi connectivity index (χ1n) is 6.08. The van der Waals surface area contributed by atoms with Crippen LogP contribution in [0.4, 0.5) is 4.39 Å². The third-order valence-electron chi connectivity index (χ3n) is 2.87. The molecule has 0 saturated heterocycles. The van der Waals surface area contributed by atoms with Gasteiger partial charge in [-0.25, -0.2) is 17.5 Å². The molecule has 0 aliphatic heterocycles. The molecule has 0 saturated carbocycles. The average molecular weight is 288 g/mol. The lowest BCUT2D eigenvalue weighted by Gasteiger charge is -2.30. The first kappa shape index (κ1) is 16.1. The van der Waals surface area contributed by atoms with Crippen LogP contribution < -0.4 is 10.5 Å². The number of rotatable bonds is 5. The Morgan fingerprint density at radius 3 is 2.21 bits per heavy atom. The monoisotopic (exact) mass is 288 g/mol. The summed E-state index contributed by atoms with van der Waals surface area (Å²) in [5.74, 6) is -0.566. The molecule has 0 spiro atoms. The Labute approximate surface area is 114 Å². The molecule has 0 fully saturated rings.